The molecule has 36 heavy (non-hydrogen) atoms. The molecule has 2 heterocycles. The summed E-state index contributed by atoms with van der Waals surface area (Å²) in [6, 6.07) is 10.7. The highest BCUT2D eigenvalue weighted by Gasteiger charge is 2.51. The number of hydrogen-bond acceptors (Lipinski definition) is 5. The van der Waals surface area contributed by atoms with E-state index >= 15 is 0 Å². The minimum absolute atomic E-state index is 0.00614. The summed E-state index contributed by atoms with van der Waals surface area (Å²) in [5.74, 6) is -2.09. The van der Waals surface area contributed by atoms with E-state index in [0.717, 1.165) is 12.8 Å². The Bertz CT molecular complexity index is 1450. The summed E-state index contributed by atoms with van der Waals surface area (Å²) in [6.07, 6.45) is 2.31. The first kappa shape index (κ1) is 23.8. The van der Waals surface area contributed by atoms with Gasteiger partial charge in [0.05, 0.1) is 22.2 Å². The molecule has 0 radical (unpaired) electrons. The first-order valence-electron chi connectivity index (χ1n) is 11.5. The zero-order valence-corrected chi connectivity index (χ0v) is 19.8. The third kappa shape index (κ3) is 4.05. The van der Waals surface area contributed by atoms with E-state index in [9.17, 15) is 18.8 Å². The van der Waals surface area contributed by atoms with Crippen LogP contribution >= 0.6 is 11.6 Å². The molecule has 11 heteroatoms. The van der Waals surface area contributed by atoms with E-state index in [1.807, 2.05) is 6.07 Å². The standard InChI is InChI=1S/C25H22ClFN6O3/c26-18-8-13(10-28)7-15(21(18)27)11-30-25(36)23-14-5-6-16(9-14)33(23)20(34)12-32-19-4-2-1-3-17(19)22(31-32)24(29)35/h1-4,7-8,14,16,23H,5-6,9,11-12H2,(H2,29,35)(H,30,36)/t14-,16+,23-/m0/s1. The van der Waals surface area contributed by atoms with Crippen molar-refractivity contribution in [3.63, 3.8) is 0 Å². The number of nitrogens with two attached hydrogens (primary N) is 1. The fourth-order valence-corrected chi connectivity index (χ4v) is 5.69. The highest BCUT2D eigenvalue weighted by molar-refractivity contribution is 6.30. The second-order valence-electron chi connectivity index (χ2n) is 9.12. The van der Waals surface area contributed by atoms with Gasteiger partial charge in [0.1, 0.15) is 18.4 Å². The lowest BCUT2D eigenvalue weighted by atomic mass is 9.97. The van der Waals surface area contributed by atoms with E-state index in [1.165, 1.54) is 16.8 Å². The number of primary amides is 1. The van der Waals surface area contributed by atoms with Crippen LogP contribution in [0.5, 0.6) is 0 Å². The first-order chi connectivity index (χ1) is 17.3. The molecule has 2 aromatic carbocycles. The molecule has 1 saturated heterocycles. The molecule has 3 atom stereocenters. The molecular formula is C25H22ClFN6O3. The van der Waals surface area contributed by atoms with E-state index in [0.29, 0.717) is 17.3 Å². The smallest absolute Gasteiger partial charge is 0.269 e. The lowest BCUT2D eigenvalue weighted by Gasteiger charge is -2.34. The number of likely N-dealkylation sites (tertiary alicyclic amines) is 1. The van der Waals surface area contributed by atoms with Crippen LogP contribution in [-0.2, 0) is 22.7 Å². The van der Waals surface area contributed by atoms with Crippen LogP contribution in [0.4, 0.5) is 4.39 Å². The van der Waals surface area contributed by atoms with Gasteiger partial charge in [-0.2, -0.15) is 10.4 Å². The first-order valence-corrected chi connectivity index (χ1v) is 11.9. The maximum Gasteiger partial charge on any atom is 0.269 e. The monoisotopic (exact) mass is 508 g/mol. The normalized spacial score (nSPS) is 20.5. The number of para-hydroxylation sites is 1. The van der Waals surface area contributed by atoms with Gasteiger partial charge in [0.2, 0.25) is 11.8 Å². The number of hydrogen-bond donors (Lipinski definition) is 2. The number of carbonyl (C=O) groups is 3. The van der Waals surface area contributed by atoms with Gasteiger partial charge >= 0.3 is 0 Å². The molecule has 3 amide bonds. The van der Waals surface area contributed by atoms with E-state index < -0.39 is 23.7 Å². The molecule has 2 bridgehead atoms. The van der Waals surface area contributed by atoms with Crippen molar-refractivity contribution in [1.29, 1.82) is 5.26 Å². The van der Waals surface area contributed by atoms with E-state index in [-0.39, 0.29) is 52.8 Å². The summed E-state index contributed by atoms with van der Waals surface area (Å²) in [4.78, 5) is 40.1. The van der Waals surface area contributed by atoms with Crippen molar-refractivity contribution in [3.05, 3.63) is 64.1 Å². The molecule has 1 aliphatic heterocycles. The van der Waals surface area contributed by atoms with Gasteiger partial charge in [0, 0.05) is 23.5 Å². The topological polar surface area (TPSA) is 134 Å². The van der Waals surface area contributed by atoms with Crippen LogP contribution in [0.25, 0.3) is 10.9 Å². The van der Waals surface area contributed by atoms with E-state index in [2.05, 4.69) is 10.4 Å². The van der Waals surface area contributed by atoms with E-state index in [1.54, 1.807) is 29.2 Å². The van der Waals surface area contributed by atoms with Gasteiger partial charge < -0.3 is 16.0 Å². The van der Waals surface area contributed by atoms with Crippen molar-refractivity contribution in [2.75, 3.05) is 0 Å². The molecule has 2 aliphatic rings. The number of halogens is 2. The Morgan fingerprint density at radius 2 is 2.03 bits per heavy atom. The number of carbonyl (C=O) groups excluding carboxylic acids is 3. The zero-order valence-electron chi connectivity index (χ0n) is 19.1. The SMILES string of the molecule is N#Cc1cc(Cl)c(F)c(CNC(=O)[C@@H]2[C@H]3CC[C@H](C3)N2C(=O)Cn2nc(C(N)=O)c3ccccc32)c1. The molecule has 1 aliphatic carbocycles. The molecule has 1 aromatic heterocycles. The molecule has 5 rings (SSSR count). The second kappa shape index (κ2) is 9.24. The average Bonchev–Trinajstić information content (AvgIpc) is 3.58. The predicted octanol–water partition coefficient (Wildman–Crippen LogP) is 2.50. The van der Waals surface area contributed by atoms with Gasteiger partial charge in [0.25, 0.3) is 5.91 Å². The Balaban J connectivity index is 1.36. The molecule has 2 fully saturated rings. The van der Waals surface area contributed by atoms with Crippen molar-refractivity contribution in [1.82, 2.24) is 20.0 Å². The van der Waals surface area contributed by atoms with Crippen LogP contribution in [0.15, 0.2) is 36.4 Å². The quantitative estimate of drug-likeness (QED) is 0.527. The molecular weight excluding hydrogens is 487 g/mol. The highest BCUT2D eigenvalue weighted by atomic mass is 35.5. The van der Waals surface area contributed by atoms with Crippen LogP contribution in [0.3, 0.4) is 0 Å². The van der Waals surface area contributed by atoms with Gasteiger partial charge in [-0.25, -0.2) is 4.39 Å². The summed E-state index contributed by atoms with van der Waals surface area (Å²) in [7, 11) is 0. The Hall–Kier alpha value is -3.97. The second-order valence-corrected chi connectivity index (χ2v) is 9.53. The minimum Gasteiger partial charge on any atom is -0.364 e. The van der Waals surface area contributed by atoms with Gasteiger partial charge in [0.15, 0.2) is 5.69 Å². The summed E-state index contributed by atoms with van der Waals surface area (Å²) in [6.45, 7) is -0.323. The van der Waals surface area contributed by atoms with Crippen molar-refractivity contribution in [2.24, 2.45) is 11.7 Å². The summed E-state index contributed by atoms with van der Waals surface area (Å²) < 4.78 is 15.9. The lowest BCUT2D eigenvalue weighted by Crippen LogP contribution is -2.53. The zero-order chi connectivity index (χ0) is 25.6. The number of rotatable bonds is 6. The number of amides is 3. The fraction of sp³-hybridized carbons (Fsp3) is 0.320. The van der Waals surface area contributed by atoms with Crippen LogP contribution in [0.1, 0.15) is 40.9 Å². The number of aromatic nitrogens is 2. The molecule has 3 N–H and O–H groups in total. The maximum absolute atomic E-state index is 14.4. The number of nitrogens with zero attached hydrogens (tertiary/aromatic N) is 4. The third-order valence-corrected chi connectivity index (χ3v) is 7.28. The van der Waals surface area contributed by atoms with Crippen molar-refractivity contribution in [2.45, 2.75) is 44.4 Å². The number of benzene rings is 2. The van der Waals surface area contributed by atoms with Crippen molar-refractivity contribution in [3.8, 4) is 6.07 Å². The van der Waals surface area contributed by atoms with Crippen molar-refractivity contribution >= 4 is 40.2 Å². The van der Waals surface area contributed by atoms with Gasteiger partial charge in [-0.15, -0.1) is 0 Å². The maximum atomic E-state index is 14.4. The van der Waals surface area contributed by atoms with Gasteiger partial charge in [-0.1, -0.05) is 29.8 Å². The van der Waals surface area contributed by atoms with Gasteiger partial charge in [-0.3, -0.25) is 19.1 Å². The Labute approximate surface area is 210 Å². The summed E-state index contributed by atoms with van der Waals surface area (Å²) in [5.41, 5.74) is 6.41. The fourth-order valence-electron chi connectivity index (χ4n) is 5.45. The summed E-state index contributed by atoms with van der Waals surface area (Å²) >= 11 is 5.87. The molecule has 1 saturated carbocycles. The molecule has 184 valence electrons. The Kier molecular flexibility index (Phi) is 6.10. The molecule has 0 unspecified atom stereocenters. The average molecular weight is 509 g/mol. The van der Waals surface area contributed by atoms with Crippen LogP contribution in [0, 0.1) is 23.1 Å². The number of piperidine rings is 1. The number of fused-ring (bicyclic) bond motifs is 3. The van der Waals surface area contributed by atoms with E-state index in [4.69, 9.17) is 22.6 Å². The third-order valence-electron chi connectivity index (χ3n) is 7.00. The number of nitriles is 1. The largest absolute Gasteiger partial charge is 0.364 e. The van der Waals surface area contributed by atoms with Crippen LogP contribution < -0.4 is 11.1 Å². The van der Waals surface area contributed by atoms with Crippen molar-refractivity contribution < 1.29 is 18.8 Å². The van der Waals surface area contributed by atoms with Crippen LogP contribution in [-0.4, -0.2) is 44.5 Å². The van der Waals surface area contributed by atoms with Crippen LogP contribution in [0.2, 0.25) is 5.02 Å². The Morgan fingerprint density at radius 1 is 1.25 bits per heavy atom. The van der Waals surface area contributed by atoms with Gasteiger partial charge in [-0.05, 0) is 43.4 Å². The Morgan fingerprint density at radius 3 is 2.78 bits per heavy atom. The highest BCUT2D eigenvalue weighted by Crippen LogP contribution is 2.42. The summed E-state index contributed by atoms with van der Waals surface area (Å²) in [5, 5.41) is 16.4. The molecule has 3 aromatic rings. The number of nitrogens with one attached hydrogen (secondary N) is 1. The molecule has 0 spiro atoms. The minimum atomic E-state index is -0.702. The molecule has 9 nitrogen and oxygen atoms in total. The predicted molar refractivity (Wildman–Crippen MR) is 128 cm³/mol. The lowest BCUT2D eigenvalue weighted by molar-refractivity contribution is -0.143.